The first-order valence-corrected chi connectivity index (χ1v) is 9.97. The maximum atomic E-state index is 12.6. The van der Waals surface area contributed by atoms with E-state index < -0.39 is 10.8 Å². The van der Waals surface area contributed by atoms with Crippen LogP contribution in [-0.2, 0) is 5.75 Å². The Bertz CT molecular complexity index is 1090. The molecular weight excluding hydrogens is 412 g/mol. The molecule has 0 saturated carbocycles. The molecular formula is C20H17ClN4O3S. The Kier molecular flexibility index (Phi) is 6.46. The van der Waals surface area contributed by atoms with Crippen LogP contribution in [0.2, 0.25) is 5.02 Å². The molecule has 0 atom stereocenters. The largest absolute Gasteiger partial charge is 0.320 e. The molecule has 1 N–H and O–H groups in total. The summed E-state index contributed by atoms with van der Waals surface area (Å²) < 4.78 is 0. The molecule has 29 heavy (non-hydrogen) atoms. The molecule has 0 unspecified atom stereocenters. The van der Waals surface area contributed by atoms with Gasteiger partial charge < -0.3 is 5.32 Å². The first kappa shape index (κ1) is 20.8. The van der Waals surface area contributed by atoms with Crippen molar-refractivity contribution in [1.82, 2.24) is 9.97 Å². The van der Waals surface area contributed by atoms with E-state index in [-0.39, 0.29) is 22.1 Å². The molecule has 0 saturated heterocycles. The molecule has 3 aromatic rings. The minimum absolute atomic E-state index is 0.0113. The Labute approximate surface area is 176 Å². The lowest BCUT2D eigenvalue weighted by molar-refractivity contribution is -0.385. The third-order valence-electron chi connectivity index (χ3n) is 4.22. The highest BCUT2D eigenvalue weighted by molar-refractivity contribution is 7.98. The van der Waals surface area contributed by atoms with Crippen LogP contribution in [0.4, 0.5) is 11.4 Å². The van der Waals surface area contributed by atoms with Gasteiger partial charge >= 0.3 is 0 Å². The number of halogens is 1. The summed E-state index contributed by atoms with van der Waals surface area (Å²) in [5.41, 5.74) is 3.03. The van der Waals surface area contributed by atoms with E-state index in [2.05, 4.69) is 15.3 Å². The minimum Gasteiger partial charge on any atom is -0.320 e. The van der Waals surface area contributed by atoms with Gasteiger partial charge in [0.1, 0.15) is 0 Å². The predicted octanol–water partition coefficient (Wildman–Crippen LogP) is 5.20. The topological polar surface area (TPSA) is 98.0 Å². The molecule has 0 spiro atoms. The van der Waals surface area contributed by atoms with Crippen molar-refractivity contribution in [3.8, 4) is 0 Å². The number of thioether (sulfide) groups is 1. The van der Waals surface area contributed by atoms with Crippen molar-refractivity contribution in [3.63, 3.8) is 0 Å². The van der Waals surface area contributed by atoms with Crippen LogP contribution < -0.4 is 5.32 Å². The summed E-state index contributed by atoms with van der Waals surface area (Å²) >= 11 is 7.50. The van der Waals surface area contributed by atoms with E-state index in [4.69, 9.17) is 11.6 Å². The molecule has 0 aliphatic rings. The first-order valence-electron chi connectivity index (χ1n) is 8.61. The highest BCUT2D eigenvalue weighted by Gasteiger charge is 2.17. The Hall–Kier alpha value is -2.97. The second-order valence-electron chi connectivity index (χ2n) is 6.28. The van der Waals surface area contributed by atoms with Gasteiger partial charge in [0.2, 0.25) is 0 Å². The smallest absolute Gasteiger partial charge is 0.275 e. The molecule has 0 aliphatic carbocycles. The molecule has 0 aliphatic heterocycles. The lowest BCUT2D eigenvalue weighted by Crippen LogP contribution is -2.15. The third kappa shape index (κ3) is 5.10. The van der Waals surface area contributed by atoms with Gasteiger partial charge in [-0.05, 0) is 31.0 Å². The normalized spacial score (nSPS) is 10.6. The highest BCUT2D eigenvalue weighted by Crippen LogP contribution is 2.25. The molecule has 7 nitrogen and oxygen atoms in total. The molecule has 148 valence electrons. The number of amides is 1. The Morgan fingerprint density at radius 1 is 1.21 bits per heavy atom. The number of hydrogen-bond acceptors (Lipinski definition) is 6. The summed E-state index contributed by atoms with van der Waals surface area (Å²) in [6.45, 7) is 3.65. The SMILES string of the molecule is Cc1ccccc1CSc1ncc(Cl)c(C(=O)Nc2ccc(C)c([N+](=O)[O-])c2)n1. The Morgan fingerprint density at radius 3 is 2.69 bits per heavy atom. The number of aromatic nitrogens is 2. The lowest BCUT2D eigenvalue weighted by atomic mass is 10.1. The quantitative estimate of drug-likeness (QED) is 0.251. The van der Waals surface area contributed by atoms with E-state index in [0.29, 0.717) is 16.5 Å². The number of nitro groups is 1. The minimum atomic E-state index is -0.562. The van der Waals surface area contributed by atoms with Crippen molar-refractivity contribution in [2.45, 2.75) is 24.8 Å². The number of nitrogens with one attached hydrogen (secondary N) is 1. The number of nitro benzene ring substituents is 1. The van der Waals surface area contributed by atoms with Crippen LogP contribution >= 0.6 is 23.4 Å². The molecule has 2 aromatic carbocycles. The van der Waals surface area contributed by atoms with Crippen LogP contribution in [0.3, 0.4) is 0 Å². The summed E-state index contributed by atoms with van der Waals surface area (Å²) in [5, 5.41) is 14.2. The van der Waals surface area contributed by atoms with Crippen LogP contribution in [0.5, 0.6) is 0 Å². The summed E-state index contributed by atoms with van der Waals surface area (Å²) in [4.78, 5) is 31.6. The van der Waals surface area contributed by atoms with Gasteiger partial charge in [-0.3, -0.25) is 14.9 Å². The monoisotopic (exact) mass is 428 g/mol. The molecule has 0 fully saturated rings. The zero-order valence-corrected chi connectivity index (χ0v) is 17.3. The molecule has 1 heterocycles. The van der Waals surface area contributed by atoms with Gasteiger partial charge in [-0.2, -0.15) is 0 Å². The predicted molar refractivity (Wildman–Crippen MR) is 114 cm³/mol. The Balaban J connectivity index is 1.77. The molecule has 0 bridgehead atoms. The van der Waals surface area contributed by atoms with Crippen molar-refractivity contribution in [3.05, 3.63) is 86.2 Å². The van der Waals surface area contributed by atoms with E-state index in [1.165, 1.54) is 24.0 Å². The van der Waals surface area contributed by atoms with Crippen LogP contribution in [0.25, 0.3) is 0 Å². The lowest BCUT2D eigenvalue weighted by Gasteiger charge is -2.09. The molecule has 3 rings (SSSR count). The van der Waals surface area contributed by atoms with Crippen LogP contribution in [0, 0.1) is 24.0 Å². The fourth-order valence-corrected chi connectivity index (χ4v) is 3.64. The molecule has 1 amide bonds. The second-order valence-corrected chi connectivity index (χ2v) is 7.63. The summed E-state index contributed by atoms with van der Waals surface area (Å²) in [7, 11) is 0. The van der Waals surface area contributed by atoms with Crippen molar-refractivity contribution in [1.29, 1.82) is 0 Å². The zero-order valence-electron chi connectivity index (χ0n) is 15.7. The van der Waals surface area contributed by atoms with E-state index in [1.807, 2.05) is 31.2 Å². The van der Waals surface area contributed by atoms with Crippen molar-refractivity contribution in [2.24, 2.45) is 0 Å². The standard InChI is InChI=1S/C20H17ClN4O3S/c1-12-5-3-4-6-14(12)11-29-20-22-10-16(21)18(24-20)19(26)23-15-8-7-13(2)17(9-15)25(27)28/h3-10H,11H2,1-2H3,(H,23,26). The number of rotatable bonds is 6. The third-order valence-corrected chi connectivity index (χ3v) is 5.41. The van der Waals surface area contributed by atoms with E-state index in [0.717, 1.165) is 11.1 Å². The highest BCUT2D eigenvalue weighted by atomic mass is 35.5. The zero-order chi connectivity index (χ0) is 21.0. The number of carbonyl (C=O) groups is 1. The average Bonchev–Trinajstić information content (AvgIpc) is 2.69. The van der Waals surface area contributed by atoms with Gasteiger partial charge in [0.15, 0.2) is 10.9 Å². The van der Waals surface area contributed by atoms with Crippen molar-refractivity contribution in [2.75, 3.05) is 5.32 Å². The molecule has 1 aromatic heterocycles. The van der Waals surface area contributed by atoms with Gasteiger partial charge in [0.25, 0.3) is 11.6 Å². The van der Waals surface area contributed by atoms with Gasteiger partial charge in [-0.25, -0.2) is 9.97 Å². The summed E-state index contributed by atoms with van der Waals surface area (Å²) in [6.07, 6.45) is 1.38. The first-order chi connectivity index (χ1) is 13.8. The summed E-state index contributed by atoms with van der Waals surface area (Å²) in [5.74, 6) is 0.0905. The maximum Gasteiger partial charge on any atom is 0.275 e. The van der Waals surface area contributed by atoms with Gasteiger partial charge in [-0.15, -0.1) is 0 Å². The number of aryl methyl sites for hydroxylation is 2. The van der Waals surface area contributed by atoms with Crippen LogP contribution in [-0.4, -0.2) is 20.8 Å². The van der Waals surface area contributed by atoms with E-state index >= 15 is 0 Å². The number of nitrogens with zero attached hydrogens (tertiary/aromatic N) is 3. The average molecular weight is 429 g/mol. The second kappa shape index (κ2) is 9.02. The number of anilines is 1. The molecule has 9 heteroatoms. The van der Waals surface area contributed by atoms with Crippen molar-refractivity contribution >= 4 is 40.6 Å². The van der Waals surface area contributed by atoms with Gasteiger partial charge in [0.05, 0.1) is 16.1 Å². The van der Waals surface area contributed by atoms with Crippen LogP contribution in [0.1, 0.15) is 27.2 Å². The van der Waals surface area contributed by atoms with Gasteiger partial charge in [0, 0.05) is 23.1 Å². The van der Waals surface area contributed by atoms with E-state index in [1.54, 1.807) is 19.1 Å². The number of carbonyl (C=O) groups excluding carboxylic acids is 1. The maximum absolute atomic E-state index is 12.6. The molecule has 0 radical (unpaired) electrons. The van der Waals surface area contributed by atoms with Crippen LogP contribution in [0.15, 0.2) is 53.8 Å². The Morgan fingerprint density at radius 2 is 1.97 bits per heavy atom. The number of hydrogen-bond donors (Lipinski definition) is 1. The fourth-order valence-electron chi connectivity index (χ4n) is 2.57. The van der Waals surface area contributed by atoms with Gasteiger partial charge in [-0.1, -0.05) is 53.7 Å². The number of benzene rings is 2. The van der Waals surface area contributed by atoms with E-state index in [9.17, 15) is 14.9 Å². The van der Waals surface area contributed by atoms with Crippen molar-refractivity contribution < 1.29 is 9.72 Å². The summed E-state index contributed by atoms with van der Waals surface area (Å²) in [6, 6.07) is 12.4. The fraction of sp³-hybridized carbons (Fsp3) is 0.150.